The van der Waals surface area contributed by atoms with E-state index >= 15 is 0 Å². The van der Waals surface area contributed by atoms with Gasteiger partial charge in [0.2, 0.25) is 0 Å². The highest BCUT2D eigenvalue weighted by Crippen LogP contribution is 2.40. The first kappa shape index (κ1) is 25.0. The van der Waals surface area contributed by atoms with Crippen molar-refractivity contribution >= 4 is 35.7 Å². The predicted molar refractivity (Wildman–Crippen MR) is 147 cm³/mol. The Bertz CT molecular complexity index is 1250. The summed E-state index contributed by atoms with van der Waals surface area (Å²) >= 11 is 0. The summed E-state index contributed by atoms with van der Waals surface area (Å²) in [6.07, 6.45) is 16.0. The highest BCUT2D eigenvalue weighted by atomic mass is 16.7. The van der Waals surface area contributed by atoms with E-state index in [1.54, 1.807) is 6.21 Å². The van der Waals surface area contributed by atoms with E-state index in [0.29, 0.717) is 5.56 Å². The minimum atomic E-state index is -0.198. The fraction of sp³-hybridized carbons (Fsp3) is 0.517. The third kappa shape index (κ3) is 4.71. The zero-order valence-electron chi connectivity index (χ0n) is 22.3. The quantitative estimate of drug-likeness (QED) is 0.467. The predicted octanol–water partition coefficient (Wildman–Crippen LogP) is 6.63. The summed E-state index contributed by atoms with van der Waals surface area (Å²) in [6.45, 7) is 10.4. The molecule has 190 valence electrons. The van der Waals surface area contributed by atoms with Crippen LogP contribution < -0.4 is 5.43 Å². The molecular weight excluding hydrogens is 449 g/mol. The molecule has 36 heavy (non-hydrogen) atoms. The van der Waals surface area contributed by atoms with Crippen molar-refractivity contribution in [3.63, 3.8) is 0 Å². The van der Waals surface area contributed by atoms with E-state index in [-0.39, 0.29) is 24.2 Å². The summed E-state index contributed by atoms with van der Waals surface area (Å²) in [5.74, 6) is -0.137. The number of hydrogen-bond donors (Lipinski definition) is 2. The van der Waals surface area contributed by atoms with Crippen LogP contribution in [0.25, 0.3) is 16.5 Å². The molecule has 0 bridgehead atoms. The largest absolute Gasteiger partial charge is 0.490 e. The van der Waals surface area contributed by atoms with Crippen molar-refractivity contribution in [1.29, 1.82) is 0 Å². The molecule has 6 nitrogen and oxygen atoms in total. The summed E-state index contributed by atoms with van der Waals surface area (Å²) in [5.41, 5.74) is 9.84. The number of carbonyl (C=O) groups excluding carboxylic acids is 1. The van der Waals surface area contributed by atoms with E-state index < -0.39 is 0 Å². The number of hydrazone groups is 1. The summed E-state index contributed by atoms with van der Waals surface area (Å²) in [7, 11) is -0.102. The highest BCUT2D eigenvalue weighted by molar-refractivity contribution is 6.54. The summed E-state index contributed by atoms with van der Waals surface area (Å²) in [6, 6.07) is 4.03. The van der Waals surface area contributed by atoms with E-state index in [1.165, 1.54) is 43.1 Å². The Kier molecular flexibility index (Phi) is 6.73. The number of hydrogen-bond acceptors (Lipinski definition) is 4. The van der Waals surface area contributed by atoms with Crippen LogP contribution in [0.3, 0.4) is 0 Å². The summed E-state index contributed by atoms with van der Waals surface area (Å²) in [5, 5.41) is 5.06. The number of nitrogens with zero attached hydrogens (tertiary/aromatic N) is 1. The van der Waals surface area contributed by atoms with E-state index in [2.05, 4.69) is 61.4 Å². The normalized spacial score (nSPS) is 22.4. The number of H-pyrrole nitrogens is 1. The Morgan fingerprint density at radius 3 is 2.28 bits per heavy atom. The molecule has 0 spiro atoms. The maximum Gasteiger partial charge on any atom is 0.490 e. The number of allylic oxidation sites excluding steroid dienone is 4. The Morgan fingerprint density at radius 2 is 1.64 bits per heavy atom. The van der Waals surface area contributed by atoms with Crippen molar-refractivity contribution in [1.82, 2.24) is 10.4 Å². The molecule has 1 saturated heterocycles. The molecule has 3 heterocycles. The molecule has 7 heteroatoms. The van der Waals surface area contributed by atoms with E-state index in [9.17, 15) is 4.79 Å². The number of amides is 1. The second kappa shape index (κ2) is 9.68. The highest BCUT2D eigenvalue weighted by Gasteiger charge is 2.52. The third-order valence-electron chi connectivity index (χ3n) is 8.18. The molecule has 0 radical (unpaired) electrons. The number of aromatic amines is 1. The van der Waals surface area contributed by atoms with Crippen molar-refractivity contribution < 1.29 is 14.1 Å². The Balaban J connectivity index is 0.000000157. The molecule has 4 aliphatic rings. The van der Waals surface area contributed by atoms with Gasteiger partial charge in [-0.1, -0.05) is 12.2 Å². The van der Waals surface area contributed by atoms with Crippen LogP contribution in [0.4, 0.5) is 0 Å². The lowest BCUT2D eigenvalue weighted by Gasteiger charge is -2.32. The van der Waals surface area contributed by atoms with Crippen LogP contribution in [0.15, 0.2) is 34.9 Å². The fourth-order valence-electron chi connectivity index (χ4n) is 5.42. The van der Waals surface area contributed by atoms with Gasteiger partial charge in [0.15, 0.2) is 0 Å². The van der Waals surface area contributed by atoms with Crippen LogP contribution >= 0.6 is 0 Å². The van der Waals surface area contributed by atoms with Crippen molar-refractivity contribution in [3.8, 4) is 0 Å². The van der Waals surface area contributed by atoms with Gasteiger partial charge in [-0.3, -0.25) is 4.79 Å². The van der Waals surface area contributed by atoms with Crippen LogP contribution in [-0.4, -0.2) is 35.4 Å². The smallest absolute Gasteiger partial charge is 0.400 e. The lowest BCUT2D eigenvalue weighted by molar-refractivity contribution is 0.00578. The van der Waals surface area contributed by atoms with Crippen molar-refractivity contribution in [2.45, 2.75) is 97.2 Å². The molecule has 6 rings (SSSR count). The van der Waals surface area contributed by atoms with Gasteiger partial charge in [0, 0.05) is 16.5 Å². The van der Waals surface area contributed by atoms with Crippen LogP contribution in [0.1, 0.15) is 106 Å². The Hall–Kier alpha value is -2.64. The van der Waals surface area contributed by atoms with Crippen molar-refractivity contribution in [3.05, 3.63) is 52.1 Å². The summed E-state index contributed by atoms with van der Waals surface area (Å²) in [4.78, 5) is 15.7. The number of aryl methyl sites for hydroxylation is 1. The second-order valence-corrected chi connectivity index (χ2v) is 11.4. The zero-order chi connectivity index (χ0) is 25.5. The van der Waals surface area contributed by atoms with Crippen molar-refractivity contribution in [2.24, 2.45) is 5.10 Å². The first-order valence-corrected chi connectivity index (χ1v) is 13.4. The SMILES string of the molecule is CC1(C)OB(C2=CCCCC2)OC1(C)C.Cc1cc2c3c(c(C4=CCCCC4)[nH]c3c1)C=NNC2=O. The van der Waals surface area contributed by atoms with E-state index in [0.717, 1.165) is 47.0 Å². The average Bonchev–Trinajstić information content (AvgIpc) is 3.25. The van der Waals surface area contributed by atoms with E-state index in [1.807, 2.05) is 13.0 Å². The molecule has 0 atom stereocenters. The first-order chi connectivity index (χ1) is 17.2. The fourth-order valence-corrected chi connectivity index (χ4v) is 5.42. The minimum Gasteiger partial charge on any atom is -0.400 e. The number of benzene rings is 1. The van der Waals surface area contributed by atoms with Gasteiger partial charge in [-0.2, -0.15) is 5.10 Å². The van der Waals surface area contributed by atoms with Gasteiger partial charge < -0.3 is 14.3 Å². The van der Waals surface area contributed by atoms with Gasteiger partial charge in [0.05, 0.1) is 28.7 Å². The molecule has 1 aromatic heterocycles. The molecule has 2 aromatic rings. The maximum absolute atomic E-state index is 12.2. The van der Waals surface area contributed by atoms with Crippen LogP contribution in [0.2, 0.25) is 0 Å². The number of aromatic nitrogens is 1. The van der Waals surface area contributed by atoms with Crippen LogP contribution in [0.5, 0.6) is 0 Å². The topological polar surface area (TPSA) is 75.7 Å². The second-order valence-electron chi connectivity index (χ2n) is 11.4. The Morgan fingerprint density at radius 1 is 0.944 bits per heavy atom. The lowest BCUT2D eigenvalue weighted by Crippen LogP contribution is -2.41. The molecule has 2 aliphatic heterocycles. The van der Waals surface area contributed by atoms with E-state index in [4.69, 9.17) is 9.31 Å². The van der Waals surface area contributed by atoms with Gasteiger partial charge in [-0.25, -0.2) is 5.43 Å². The molecule has 2 aliphatic carbocycles. The molecule has 2 N–H and O–H groups in total. The van der Waals surface area contributed by atoms with Gasteiger partial charge >= 0.3 is 7.12 Å². The first-order valence-electron chi connectivity index (χ1n) is 13.4. The number of nitrogens with one attached hydrogen (secondary N) is 2. The van der Waals surface area contributed by atoms with Gasteiger partial charge in [0.1, 0.15) is 0 Å². The average molecular weight is 487 g/mol. The Labute approximate surface area is 214 Å². The monoisotopic (exact) mass is 487 g/mol. The molecule has 1 amide bonds. The molecule has 0 unspecified atom stereocenters. The molecule has 1 fully saturated rings. The zero-order valence-corrected chi connectivity index (χ0v) is 22.3. The number of carbonyl (C=O) groups is 1. The molecule has 1 aromatic carbocycles. The minimum absolute atomic E-state index is 0.102. The van der Waals surface area contributed by atoms with Crippen molar-refractivity contribution in [2.75, 3.05) is 0 Å². The molecule has 0 saturated carbocycles. The van der Waals surface area contributed by atoms with Gasteiger partial charge in [-0.05, 0) is 115 Å². The molecular formula is C29H38BN3O3. The maximum atomic E-state index is 12.2. The third-order valence-corrected chi connectivity index (χ3v) is 8.18. The van der Waals surface area contributed by atoms with Gasteiger partial charge in [0.25, 0.3) is 5.91 Å². The van der Waals surface area contributed by atoms with Gasteiger partial charge in [-0.15, -0.1) is 0 Å². The number of rotatable bonds is 2. The standard InChI is InChI=1S/C17H17N3O.C12H21BO2/c1-10-7-12-15-13(9-18-20-17(12)21)16(19-14(15)8-10)11-5-3-2-4-6-11;1-11(2)12(3,4)15-13(14-11)10-8-6-5-7-9-10/h5,7-9,19H,2-4,6H2,1H3,(H,20,21);8H,5-7,9H2,1-4H3. The van der Waals surface area contributed by atoms with Crippen LogP contribution in [0, 0.1) is 6.92 Å². The van der Waals surface area contributed by atoms with Crippen LogP contribution in [-0.2, 0) is 9.31 Å². The summed E-state index contributed by atoms with van der Waals surface area (Å²) < 4.78 is 12.0. The lowest BCUT2D eigenvalue weighted by atomic mass is 9.73.